The molecule has 0 saturated heterocycles. The van der Waals surface area contributed by atoms with Gasteiger partial charge in [-0.15, -0.1) is 10.2 Å². The van der Waals surface area contributed by atoms with Crippen molar-refractivity contribution in [3.05, 3.63) is 105 Å². The Morgan fingerprint density at radius 1 is 1.05 bits per heavy atom. The third kappa shape index (κ3) is 6.00. The Morgan fingerprint density at radius 2 is 1.76 bits per heavy atom. The van der Waals surface area contributed by atoms with Crippen LogP contribution in [0.5, 0.6) is 11.5 Å². The number of aromatic nitrogens is 2. The van der Waals surface area contributed by atoms with E-state index in [0.717, 1.165) is 17.4 Å². The topological polar surface area (TPSA) is 131 Å². The highest BCUT2D eigenvalue weighted by Crippen LogP contribution is 2.39. The summed E-state index contributed by atoms with van der Waals surface area (Å²) >= 11 is 0.946. The summed E-state index contributed by atoms with van der Waals surface area (Å²) in [4.78, 5) is 22.8. The van der Waals surface area contributed by atoms with Crippen molar-refractivity contribution in [1.29, 1.82) is 5.26 Å². The van der Waals surface area contributed by atoms with Gasteiger partial charge in [0.25, 0.3) is 5.91 Å². The maximum Gasteiger partial charge on any atom is 0.416 e. The standard InChI is InChI=1S/C25H14F3N5O4S/c26-25(27,28)18-10-11-21(19(13-18)33(35)36)37-20-9-5-4-8-16(20)12-17(14-29)23-31-32-24(38-23)30-22(34)15-6-2-1-3-7-15/h1-13H,(H,30,32,34). The van der Waals surface area contributed by atoms with E-state index in [2.05, 4.69) is 15.5 Å². The van der Waals surface area contributed by atoms with Gasteiger partial charge in [-0.05, 0) is 36.4 Å². The van der Waals surface area contributed by atoms with Crippen LogP contribution in [0.1, 0.15) is 26.5 Å². The van der Waals surface area contributed by atoms with Crippen molar-refractivity contribution in [2.45, 2.75) is 6.18 Å². The van der Waals surface area contributed by atoms with Crippen molar-refractivity contribution in [2.24, 2.45) is 0 Å². The zero-order valence-electron chi connectivity index (χ0n) is 19.0. The number of hydrogen-bond acceptors (Lipinski definition) is 8. The number of ether oxygens (including phenoxy) is 1. The minimum absolute atomic E-state index is 0.0423. The zero-order chi connectivity index (χ0) is 27.3. The summed E-state index contributed by atoms with van der Waals surface area (Å²) in [6.45, 7) is 0. The first-order chi connectivity index (χ1) is 18.2. The van der Waals surface area contributed by atoms with Gasteiger partial charge >= 0.3 is 11.9 Å². The number of hydrogen-bond donors (Lipinski definition) is 1. The van der Waals surface area contributed by atoms with Crippen molar-refractivity contribution in [2.75, 3.05) is 5.32 Å². The molecule has 0 fully saturated rings. The Kier molecular flexibility index (Phi) is 7.45. The summed E-state index contributed by atoms with van der Waals surface area (Å²) < 4.78 is 44.7. The molecule has 4 rings (SSSR count). The van der Waals surface area contributed by atoms with E-state index in [0.29, 0.717) is 23.3 Å². The van der Waals surface area contributed by atoms with Crippen molar-refractivity contribution < 1.29 is 27.6 Å². The van der Waals surface area contributed by atoms with Crippen LogP contribution in [0.25, 0.3) is 11.6 Å². The van der Waals surface area contributed by atoms with Crippen molar-refractivity contribution >= 4 is 39.7 Å². The molecule has 0 unspecified atom stereocenters. The van der Waals surface area contributed by atoms with Crippen LogP contribution in [0.3, 0.4) is 0 Å². The number of nitriles is 1. The SMILES string of the molecule is N#CC(=Cc1ccccc1Oc1ccc(C(F)(F)F)cc1[N+](=O)[O-])c1nnc(NC(=O)c2ccccc2)s1. The second-order valence-corrected chi connectivity index (χ2v) is 8.46. The number of carbonyl (C=O) groups is 1. The number of nitro benzene ring substituents is 1. The molecule has 0 saturated carbocycles. The highest BCUT2D eigenvalue weighted by molar-refractivity contribution is 7.16. The summed E-state index contributed by atoms with van der Waals surface area (Å²) in [5, 5.41) is 31.9. The molecule has 1 amide bonds. The van der Waals surface area contributed by atoms with E-state index in [-0.39, 0.29) is 21.5 Å². The summed E-state index contributed by atoms with van der Waals surface area (Å²) in [6, 6.07) is 18.5. The number of rotatable bonds is 7. The Balaban J connectivity index is 1.61. The number of para-hydroxylation sites is 1. The molecule has 3 aromatic carbocycles. The first kappa shape index (κ1) is 26.0. The van der Waals surface area contributed by atoms with Crippen molar-refractivity contribution in [3.8, 4) is 17.6 Å². The first-order valence-electron chi connectivity index (χ1n) is 10.6. The number of benzene rings is 3. The summed E-state index contributed by atoms with van der Waals surface area (Å²) in [5.41, 5.74) is -1.32. The van der Waals surface area contributed by atoms with Crippen LogP contribution in [-0.2, 0) is 6.18 Å². The van der Waals surface area contributed by atoms with Gasteiger partial charge < -0.3 is 4.74 Å². The third-order valence-electron chi connectivity index (χ3n) is 4.95. The lowest BCUT2D eigenvalue weighted by Gasteiger charge is -2.11. The van der Waals surface area contributed by atoms with Gasteiger partial charge in [0.1, 0.15) is 11.8 Å². The Morgan fingerprint density at radius 3 is 2.45 bits per heavy atom. The average molecular weight is 537 g/mol. The fourth-order valence-corrected chi connectivity index (χ4v) is 3.88. The molecule has 0 aliphatic carbocycles. The normalized spacial score (nSPS) is 11.5. The Labute approximate surface area is 216 Å². The van der Waals surface area contributed by atoms with E-state index in [4.69, 9.17) is 4.74 Å². The fraction of sp³-hybridized carbons (Fsp3) is 0.0400. The molecule has 0 atom stereocenters. The zero-order valence-corrected chi connectivity index (χ0v) is 19.8. The highest BCUT2D eigenvalue weighted by atomic mass is 32.1. The molecule has 1 aromatic heterocycles. The number of halogens is 3. The number of nitro groups is 1. The molecule has 13 heteroatoms. The lowest BCUT2D eigenvalue weighted by molar-refractivity contribution is -0.385. The molecule has 0 radical (unpaired) electrons. The molecule has 0 aliphatic heterocycles. The Hall–Kier alpha value is -5.09. The lowest BCUT2D eigenvalue weighted by atomic mass is 10.1. The largest absolute Gasteiger partial charge is 0.449 e. The second kappa shape index (κ2) is 10.9. The molecule has 190 valence electrons. The minimum Gasteiger partial charge on any atom is -0.449 e. The predicted octanol–water partition coefficient (Wildman–Crippen LogP) is 6.57. The first-order valence-corrected chi connectivity index (χ1v) is 11.4. The smallest absolute Gasteiger partial charge is 0.416 e. The molecule has 0 bridgehead atoms. The van der Waals surface area contributed by atoms with Crippen LogP contribution in [0.4, 0.5) is 24.0 Å². The van der Waals surface area contributed by atoms with Crippen molar-refractivity contribution in [1.82, 2.24) is 10.2 Å². The van der Waals surface area contributed by atoms with Crippen LogP contribution in [-0.4, -0.2) is 21.0 Å². The molecule has 9 nitrogen and oxygen atoms in total. The van der Waals surface area contributed by atoms with E-state index >= 15 is 0 Å². The number of nitrogens with one attached hydrogen (secondary N) is 1. The van der Waals surface area contributed by atoms with E-state index in [1.54, 1.807) is 48.5 Å². The van der Waals surface area contributed by atoms with Gasteiger partial charge in [-0.2, -0.15) is 18.4 Å². The summed E-state index contributed by atoms with van der Waals surface area (Å²) in [5.74, 6) is -0.776. The Bertz CT molecular complexity index is 1580. The van der Waals surface area contributed by atoms with Crippen LogP contribution in [0.15, 0.2) is 72.8 Å². The molecule has 1 N–H and O–H groups in total. The van der Waals surface area contributed by atoms with Gasteiger partial charge in [-0.1, -0.05) is 47.7 Å². The maximum absolute atomic E-state index is 13.0. The van der Waals surface area contributed by atoms with Crippen molar-refractivity contribution in [3.63, 3.8) is 0 Å². The maximum atomic E-state index is 13.0. The molecular weight excluding hydrogens is 523 g/mol. The predicted molar refractivity (Wildman–Crippen MR) is 132 cm³/mol. The van der Waals surface area contributed by atoms with E-state index in [1.807, 2.05) is 6.07 Å². The van der Waals surface area contributed by atoms with Crippen LogP contribution in [0.2, 0.25) is 0 Å². The molecule has 0 spiro atoms. The average Bonchev–Trinajstić information content (AvgIpc) is 3.36. The van der Waals surface area contributed by atoms with Crippen LogP contribution in [0, 0.1) is 21.4 Å². The molecular formula is C25H14F3N5O4S. The molecule has 0 aliphatic rings. The van der Waals surface area contributed by atoms with Gasteiger partial charge in [0, 0.05) is 17.2 Å². The number of anilines is 1. The van der Waals surface area contributed by atoms with E-state index in [1.165, 1.54) is 12.1 Å². The van der Waals surface area contributed by atoms with Crippen LogP contribution < -0.4 is 10.1 Å². The lowest BCUT2D eigenvalue weighted by Crippen LogP contribution is -2.11. The fourth-order valence-electron chi connectivity index (χ4n) is 3.17. The van der Waals surface area contributed by atoms with Gasteiger partial charge in [-0.3, -0.25) is 20.2 Å². The minimum atomic E-state index is -4.77. The van der Waals surface area contributed by atoms with Gasteiger partial charge in [0.2, 0.25) is 10.9 Å². The quantitative estimate of drug-likeness (QED) is 0.160. The van der Waals surface area contributed by atoms with Gasteiger partial charge in [0.05, 0.1) is 16.1 Å². The number of allylic oxidation sites excluding steroid dienone is 1. The second-order valence-electron chi connectivity index (χ2n) is 7.48. The van der Waals surface area contributed by atoms with Gasteiger partial charge in [-0.25, -0.2) is 0 Å². The summed E-state index contributed by atoms with van der Waals surface area (Å²) in [6.07, 6.45) is -3.39. The summed E-state index contributed by atoms with van der Waals surface area (Å²) in [7, 11) is 0. The monoisotopic (exact) mass is 537 g/mol. The van der Waals surface area contributed by atoms with E-state index < -0.39 is 34.0 Å². The highest BCUT2D eigenvalue weighted by Gasteiger charge is 2.33. The third-order valence-corrected chi connectivity index (χ3v) is 5.83. The molecule has 38 heavy (non-hydrogen) atoms. The number of amides is 1. The van der Waals surface area contributed by atoms with E-state index in [9.17, 15) is 33.3 Å². The molecule has 1 heterocycles. The molecule has 4 aromatic rings. The number of alkyl halides is 3. The van der Waals surface area contributed by atoms with Crippen LogP contribution >= 0.6 is 11.3 Å². The van der Waals surface area contributed by atoms with Gasteiger partial charge in [0.15, 0.2) is 5.01 Å². The number of nitrogens with zero attached hydrogens (tertiary/aromatic N) is 4. The number of carbonyl (C=O) groups excluding carboxylic acids is 1.